The molecular weight excluding hydrogens is 723 g/mol. The summed E-state index contributed by atoms with van der Waals surface area (Å²) in [7, 11) is 0. The molecule has 2 atom stereocenters. The molecule has 0 spiro atoms. The van der Waals surface area contributed by atoms with E-state index in [1.807, 2.05) is 0 Å². The summed E-state index contributed by atoms with van der Waals surface area (Å²) in [6.45, 7) is 9.61. The standard InChI is InChI=1S/C54H39N3S/c1-53(2)42-22-21-29-11-5-6-14-33(29)47(42)40-27-44-41(28-43(40)53)48-35-16-8-7-15-34(35)39(26-45(48)54(44,3)4)52-56-50(36-17-9-12-30-19-20-32-25-38(32)46(30)36)55-51(57-52)37-18-10-13-31-23-24-58-49(31)37/h5-24,26-28,32,38H,25H2,1-4H3. The van der Waals surface area contributed by atoms with E-state index in [9.17, 15) is 0 Å². The van der Waals surface area contributed by atoms with Crippen molar-refractivity contribution in [1.29, 1.82) is 0 Å². The van der Waals surface area contributed by atoms with Crippen molar-refractivity contribution in [1.82, 2.24) is 15.0 Å². The van der Waals surface area contributed by atoms with Crippen molar-refractivity contribution in [2.45, 2.75) is 50.9 Å². The van der Waals surface area contributed by atoms with Crippen LogP contribution in [-0.4, -0.2) is 15.0 Å². The predicted molar refractivity (Wildman–Crippen MR) is 242 cm³/mol. The third-order valence-corrected chi connectivity index (χ3v) is 15.0. The van der Waals surface area contributed by atoms with Gasteiger partial charge in [-0.2, -0.15) is 0 Å². The van der Waals surface area contributed by atoms with Gasteiger partial charge in [0.05, 0.1) is 0 Å². The van der Waals surface area contributed by atoms with Crippen LogP contribution in [0.5, 0.6) is 0 Å². The Hall–Kier alpha value is -6.23. The first kappa shape index (κ1) is 32.8. The van der Waals surface area contributed by atoms with Gasteiger partial charge in [-0.25, -0.2) is 15.0 Å². The van der Waals surface area contributed by atoms with E-state index in [-0.39, 0.29) is 10.8 Å². The Morgan fingerprint density at radius 1 is 0.517 bits per heavy atom. The molecule has 58 heavy (non-hydrogen) atoms. The van der Waals surface area contributed by atoms with Gasteiger partial charge < -0.3 is 0 Å². The van der Waals surface area contributed by atoms with Crippen LogP contribution >= 0.6 is 11.3 Å². The highest BCUT2D eigenvalue weighted by atomic mass is 32.1. The minimum absolute atomic E-state index is 0.123. The lowest BCUT2D eigenvalue weighted by Gasteiger charge is -2.24. The molecule has 0 amide bonds. The predicted octanol–water partition coefficient (Wildman–Crippen LogP) is 14.1. The Morgan fingerprint density at radius 3 is 1.95 bits per heavy atom. The van der Waals surface area contributed by atoms with E-state index < -0.39 is 0 Å². The lowest BCUT2D eigenvalue weighted by Crippen LogP contribution is -2.17. The summed E-state index contributed by atoms with van der Waals surface area (Å²) in [4.78, 5) is 16.3. The molecular formula is C54H39N3S. The molecule has 4 aliphatic carbocycles. The van der Waals surface area contributed by atoms with Crippen molar-refractivity contribution >= 4 is 49.0 Å². The molecule has 2 aromatic heterocycles. The topological polar surface area (TPSA) is 38.7 Å². The number of benzene rings is 7. The molecule has 7 aromatic carbocycles. The minimum Gasteiger partial charge on any atom is -0.208 e. The number of nitrogens with zero attached hydrogens (tertiary/aromatic N) is 3. The zero-order chi connectivity index (χ0) is 38.7. The van der Waals surface area contributed by atoms with Gasteiger partial charge in [0, 0.05) is 32.2 Å². The fourth-order valence-corrected chi connectivity index (χ4v) is 11.9. The largest absolute Gasteiger partial charge is 0.208 e. The highest BCUT2D eigenvalue weighted by molar-refractivity contribution is 7.17. The van der Waals surface area contributed by atoms with E-state index in [2.05, 4.69) is 167 Å². The molecule has 0 radical (unpaired) electrons. The molecule has 4 heteroatoms. The molecule has 2 unspecified atom stereocenters. The first-order valence-corrected chi connectivity index (χ1v) is 21.5. The number of thiophene rings is 1. The van der Waals surface area contributed by atoms with Crippen LogP contribution in [0.3, 0.4) is 0 Å². The van der Waals surface area contributed by atoms with Gasteiger partial charge >= 0.3 is 0 Å². The van der Waals surface area contributed by atoms with Gasteiger partial charge in [-0.1, -0.05) is 131 Å². The molecule has 3 nitrogen and oxygen atoms in total. The fraction of sp³-hybridized carbons (Fsp3) is 0.167. The summed E-state index contributed by atoms with van der Waals surface area (Å²) in [5.74, 6) is 3.33. The van der Waals surface area contributed by atoms with Gasteiger partial charge in [0.1, 0.15) is 0 Å². The molecule has 0 bridgehead atoms. The van der Waals surface area contributed by atoms with Gasteiger partial charge in [0.2, 0.25) is 0 Å². The second-order valence-electron chi connectivity index (χ2n) is 17.9. The summed E-state index contributed by atoms with van der Waals surface area (Å²) < 4.78 is 1.20. The SMILES string of the molecule is CC1(C)c2cc3c(cc2-c2c1ccc1ccccc21)C(C)(C)c1cc(-c2nc(-c4cccc5c4C4CC4C=C5)nc(-c4cccc5ccsc45)n2)c2ccccc2c1-3. The first-order valence-electron chi connectivity index (χ1n) is 20.6. The Balaban J connectivity index is 1.06. The highest BCUT2D eigenvalue weighted by Crippen LogP contribution is 2.59. The summed E-state index contributed by atoms with van der Waals surface area (Å²) in [5, 5.41) is 8.40. The van der Waals surface area contributed by atoms with Crippen LogP contribution in [0.15, 0.2) is 133 Å². The van der Waals surface area contributed by atoms with Gasteiger partial charge in [0.15, 0.2) is 17.5 Å². The van der Waals surface area contributed by atoms with Crippen LogP contribution in [0.2, 0.25) is 0 Å². The third-order valence-electron chi connectivity index (χ3n) is 14.1. The molecule has 1 fully saturated rings. The van der Waals surface area contributed by atoms with E-state index in [1.54, 1.807) is 11.3 Å². The number of fused-ring (bicyclic) bond motifs is 14. The Labute approximate surface area is 341 Å². The van der Waals surface area contributed by atoms with Crippen LogP contribution in [0.4, 0.5) is 0 Å². The van der Waals surface area contributed by atoms with E-state index in [0.717, 1.165) is 39.5 Å². The van der Waals surface area contributed by atoms with Gasteiger partial charge in [-0.3, -0.25) is 0 Å². The number of rotatable bonds is 3. The maximum absolute atomic E-state index is 5.48. The molecule has 0 N–H and O–H groups in total. The number of aromatic nitrogens is 3. The van der Waals surface area contributed by atoms with Crippen LogP contribution in [-0.2, 0) is 10.8 Å². The normalized spacial score (nSPS) is 18.5. The Bertz CT molecular complexity index is 3340. The van der Waals surface area contributed by atoms with Crippen molar-refractivity contribution in [2.24, 2.45) is 5.92 Å². The maximum Gasteiger partial charge on any atom is 0.165 e. The van der Waals surface area contributed by atoms with Crippen LogP contribution < -0.4 is 0 Å². The Kier molecular flexibility index (Phi) is 6.36. The average Bonchev–Trinajstić information content (AvgIpc) is 3.75. The molecule has 9 aromatic rings. The van der Waals surface area contributed by atoms with E-state index >= 15 is 0 Å². The van der Waals surface area contributed by atoms with E-state index in [0.29, 0.717) is 11.8 Å². The maximum atomic E-state index is 5.48. The minimum atomic E-state index is -0.261. The van der Waals surface area contributed by atoms with Crippen molar-refractivity contribution in [3.05, 3.63) is 166 Å². The highest BCUT2D eigenvalue weighted by Gasteiger charge is 2.44. The van der Waals surface area contributed by atoms with Crippen molar-refractivity contribution in [3.63, 3.8) is 0 Å². The summed E-state index contributed by atoms with van der Waals surface area (Å²) in [6.07, 6.45) is 5.87. The molecule has 276 valence electrons. The Morgan fingerprint density at radius 2 is 1.14 bits per heavy atom. The number of allylic oxidation sites excluding steroid dienone is 1. The molecule has 0 aliphatic heterocycles. The number of hydrogen-bond donors (Lipinski definition) is 0. The molecule has 0 saturated heterocycles. The van der Waals surface area contributed by atoms with Crippen molar-refractivity contribution in [2.75, 3.05) is 0 Å². The summed E-state index contributed by atoms with van der Waals surface area (Å²) in [6, 6.07) is 45.3. The quantitative estimate of drug-likeness (QED) is 0.180. The van der Waals surface area contributed by atoms with Gasteiger partial charge in [-0.05, 0) is 137 Å². The van der Waals surface area contributed by atoms with Crippen molar-refractivity contribution in [3.8, 4) is 56.4 Å². The van der Waals surface area contributed by atoms with Gasteiger partial charge in [-0.15, -0.1) is 11.3 Å². The first-order chi connectivity index (χ1) is 28.3. The smallest absolute Gasteiger partial charge is 0.165 e. The lowest BCUT2D eigenvalue weighted by atomic mass is 9.79. The summed E-state index contributed by atoms with van der Waals surface area (Å²) in [5.41, 5.74) is 16.5. The molecule has 4 aliphatic rings. The number of hydrogen-bond acceptors (Lipinski definition) is 4. The summed E-state index contributed by atoms with van der Waals surface area (Å²) >= 11 is 1.75. The average molecular weight is 762 g/mol. The van der Waals surface area contributed by atoms with Gasteiger partial charge in [0.25, 0.3) is 0 Å². The second kappa shape index (κ2) is 11.2. The van der Waals surface area contributed by atoms with Crippen molar-refractivity contribution < 1.29 is 0 Å². The fourth-order valence-electron chi connectivity index (χ4n) is 11.0. The lowest BCUT2D eigenvalue weighted by molar-refractivity contribution is 0.652. The zero-order valence-electron chi connectivity index (χ0n) is 32.9. The van der Waals surface area contributed by atoms with Crippen LogP contribution in [0.1, 0.15) is 73.4 Å². The van der Waals surface area contributed by atoms with E-state index in [4.69, 9.17) is 15.0 Å². The van der Waals surface area contributed by atoms with Crippen LogP contribution in [0.25, 0.3) is 94.1 Å². The monoisotopic (exact) mass is 761 g/mol. The molecule has 2 heterocycles. The second-order valence-corrected chi connectivity index (χ2v) is 18.8. The van der Waals surface area contributed by atoms with E-state index in [1.165, 1.54) is 88.3 Å². The molecule has 13 rings (SSSR count). The third kappa shape index (κ3) is 4.31. The van der Waals surface area contributed by atoms with Crippen LogP contribution in [0, 0.1) is 5.92 Å². The molecule has 1 saturated carbocycles. The zero-order valence-corrected chi connectivity index (χ0v) is 33.7.